The summed E-state index contributed by atoms with van der Waals surface area (Å²) in [5.41, 5.74) is -1.30. The molecule has 0 saturated heterocycles. The normalized spacial score (nSPS) is 11.1. The van der Waals surface area contributed by atoms with E-state index in [0.29, 0.717) is 5.02 Å². The molecule has 7 heteroatoms. The van der Waals surface area contributed by atoms with Crippen molar-refractivity contribution in [3.05, 3.63) is 27.2 Å². The molecule has 0 atom stereocenters. The molecule has 0 radical (unpaired) electrons. The minimum absolute atomic E-state index is 0.149. The van der Waals surface area contributed by atoms with Gasteiger partial charge in [0.15, 0.2) is 11.5 Å². The van der Waals surface area contributed by atoms with Gasteiger partial charge in [-0.3, -0.25) is 9.59 Å². The van der Waals surface area contributed by atoms with Gasteiger partial charge in [0.25, 0.3) is 0 Å². The van der Waals surface area contributed by atoms with Gasteiger partial charge in [-0.05, 0) is 32.9 Å². The first-order valence-corrected chi connectivity index (χ1v) is 7.31. The van der Waals surface area contributed by atoms with Gasteiger partial charge < -0.3 is 9.47 Å². The van der Waals surface area contributed by atoms with Crippen LogP contribution in [0.1, 0.15) is 20.8 Å². The van der Waals surface area contributed by atoms with Crippen LogP contribution in [0.5, 0.6) is 5.75 Å². The van der Waals surface area contributed by atoms with E-state index in [4.69, 9.17) is 44.3 Å². The maximum atomic E-state index is 12.1. The van der Waals surface area contributed by atoms with E-state index in [1.54, 1.807) is 6.92 Å². The number of benzene rings is 1. The fourth-order valence-electron chi connectivity index (χ4n) is 1.41. The van der Waals surface area contributed by atoms with E-state index in [0.717, 1.165) is 0 Å². The highest BCUT2D eigenvalue weighted by molar-refractivity contribution is 6.40. The Hall–Kier alpha value is -0.970. The van der Waals surface area contributed by atoms with Crippen molar-refractivity contribution in [3.8, 4) is 5.75 Å². The Balaban J connectivity index is 2.80. The van der Waals surface area contributed by atoms with Crippen LogP contribution in [0.2, 0.25) is 15.1 Å². The molecule has 0 heterocycles. The molecule has 0 aliphatic carbocycles. The van der Waals surface area contributed by atoms with Crippen LogP contribution in [0.3, 0.4) is 0 Å². The topological polar surface area (TPSA) is 52.6 Å². The summed E-state index contributed by atoms with van der Waals surface area (Å²) in [7, 11) is 0. The molecule has 1 rings (SSSR count). The van der Waals surface area contributed by atoms with Crippen molar-refractivity contribution >= 4 is 46.6 Å². The minimum atomic E-state index is -1.30. The quantitative estimate of drug-likeness (QED) is 0.568. The summed E-state index contributed by atoms with van der Waals surface area (Å²) >= 11 is 17.7. The first-order valence-electron chi connectivity index (χ1n) is 6.18. The smallest absolute Gasteiger partial charge is 0.319 e. The zero-order valence-electron chi connectivity index (χ0n) is 11.8. The van der Waals surface area contributed by atoms with E-state index < -0.39 is 17.2 Å². The van der Waals surface area contributed by atoms with Gasteiger partial charge in [-0.2, -0.15) is 0 Å². The van der Waals surface area contributed by atoms with Crippen LogP contribution < -0.4 is 4.74 Å². The van der Waals surface area contributed by atoms with Crippen LogP contribution >= 0.6 is 34.8 Å². The summed E-state index contributed by atoms with van der Waals surface area (Å²) in [5.74, 6) is -0.898. The molecule has 1 aromatic rings. The third-order valence-electron chi connectivity index (χ3n) is 2.79. The predicted molar refractivity (Wildman–Crippen MR) is 82.4 cm³/mol. The number of ether oxygens (including phenoxy) is 2. The average molecular weight is 354 g/mol. The van der Waals surface area contributed by atoms with E-state index >= 15 is 0 Å². The van der Waals surface area contributed by atoms with Gasteiger partial charge in [-0.25, -0.2) is 0 Å². The monoisotopic (exact) mass is 352 g/mol. The highest BCUT2D eigenvalue weighted by atomic mass is 35.5. The second-order valence-electron chi connectivity index (χ2n) is 4.76. The molecule has 0 saturated carbocycles. The number of hydrogen-bond donors (Lipinski definition) is 0. The number of hydrogen-bond acceptors (Lipinski definition) is 4. The Morgan fingerprint density at radius 2 is 1.67 bits per heavy atom. The van der Waals surface area contributed by atoms with Crippen LogP contribution in [-0.2, 0) is 14.3 Å². The lowest BCUT2D eigenvalue weighted by molar-refractivity contribution is -0.158. The molecular weight excluding hydrogens is 339 g/mol. The maximum Gasteiger partial charge on any atom is 0.319 e. The van der Waals surface area contributed by atoms with Gasteiger partial charge in [0.2, 0.25) is 0 Å². The summed E-state index contributed by atoms with van der Waals surface area (Å²) in [4.78, 5) is 23.8. The Kier molecular flexibility index (Phi) is 6.32. The molecule has 0 unspecified atom stereocenters. The lowest BCUT2D eigenvalue weighted by Crippen LogP contribution is -2.38. The predicted octanol–water partition coefficient (Wildman–Crippen LogP) is 4.18. The van der Waals surface area contributed by atoms with E-state index in [1.807, 2.05) is 0 Å². The number of carbonyl (C=O) groups is 2. The van der Waals surface area contributed by atoms with E-state index in [1.165, 1.54) is 26.0 Å². The third-order valence-corrected chi connectivity index (χ3v) is 3.57. The number of ketones is 1. The van der Waals surface area contributed by atoms with Crippen LogP contribution in [0, 0.1) is 5.41 Å². The van der Waals surface area contributed by atoms with E-state index in [-0.39, 0.29) is 29.0 Å². The second-order valence-corrected chi connectivity index (χ2v) is 6.01. The number of halogens is 3. The largest absolute Gasteiger partial charge is 0.483 e. The molecule has 0 aliphatic rings. The number of rotatable bonds is 6. The summed E-state index contributed by atoms with van der Waals surface area (Å²) in [6.45, 7) is 4.46. The van der Waals surface area contributed by atoms with E-state index in [9.17, 15) is 9.59 Å². The van der Waals surface area contributed by atoms with Gasteiger partial charge >= 0.3 is 5.97 Å². The lowest BCUT2D eigenvalue weighted by atomic mass is 9.88. The van der Waals surface area contributed by atoms with Crippen LogP contribution in [0.15, 0.2) is 12.1 Å². The molecule has 116 valence electrons. The molecule has 0 fully saturated rings. The minimum Gasteiger partial charge on any atom is -0.483 e. The highest BCUT2D eigenvalue weighted by Crippen LogP contribution is 2.36. The number of carbonyl (C=O) groups excluding carboxylic acids is 2. The van der Waals surface area contributed by atoms with Crippen molar-refractivity contribution in [2.24, 2.45) is 5.41 Å². The Morgan fingerprint density at radius 1 is 1.14 bits per heavy atom. The van der Waals surface area contributed by atoms with Crippen LogP contribution in [-0.4, -0.2) is 25.0 Å². The van der Waals surface area contributed by atoms with Gasteiger partial charge in [0.1, 0.15) is 12.0 Å². The van der Waals surface area contributed by atoms with Crippen molar-refractivity contribution < 1.29 is 19.1 Å². The number of Topliss-reactive ketones (excluding diaryl/α,β-unsaturated/α-hetero) is 1. The third kappa shape index (κ3) is 4.50. The van der Waals surface area contributed by atoms with Crippen LogP contribution in [0.4, 0.5) is 0 Å². The van der Waals surface area contributed by atoms with Crippen molar-refractivity contribution in [2.75, 3.05) is 13.2 Å². The van der Waals surface area contributed by atoms with Crippen molar-refractivity contribution in [1.82, 2.24) is 0 Å². The fourth-order valence-corrected chi connectivity index (χ4v) is 2.34. The van der Waals surface area contributed by atoms with Crippen molar-refractivity contribution in [1.29, 1.82) is 0 Å². The molecule has 0 spiro atoms. The Labute approximate surface area is 138 Å². The van der Waals surface area contributed by atoms with Gasteiger partial charge in [-0.1, -0.05) is 34.8 Å². The molecule has 1 aromatic carbocycles. The molecule has 0 aliphatic heterocycles. The van der Waals surface area contributed by atoms with Crippen LogP contribution in [0.25, 0.3) is 0 Å². The standard InChI is InChI=1S/C14H15Cl3O4/c1-4-20-13(19)14(2,3)11(18)7-21-12-9(16)5-8(15)6-10(12)17/h5-6H,4,7H2,1-3H3. The summed E-state index contributed by atoms with van der Waals surface area (Å²) in [6.07, 6.45) is 0. The van der Waals surface area contributed by atoms with Gasteiger partial charge in [0, 0.05) is 5.02 Å². The Bertz CT molecular complexity index is 532. The van der Waals surface area contributed by atoms with Crippen molar-refractivity contribution in [3.63, 3.8) is 0 Å². The van der Waals surface area contributed by atoms with Gasteiger partial charge in [0.05, 0.1) is 16.7 Å². The average Bonchev–Trinajstić information content (AvgIpc) is 2.37. The van der Waals surface area contributed by atoms with Gasteiger partial charge in [-0.15, -0.1) is 0 Å². The molecule has 21 heavy (non-hydrogen) atoms. The molecule has 0 N–H and O–H groups in total. The zero-order chi connectivity index (χ0) is 16.2. The molecular formula is C14H15Cl3O4. The second kappa shape index (κ2) is 7.34. The molecule has 0 aromatic heterocycles. The number of esters is 1. The SMILES string of the molecule is CCOC(=O)C(C)(C)C(=O)COc1c(Cl)cc(Cl)cc1Cl. The first-order chi connectivity index (χ1) is 9.70. The molecule has 4 nitrogen and oxygen atoms in total. The highest BCUT2D eigenvalue weighted by Gasteiger charge is 2.37. The zero-order valence-corrected chi connectivity index (χ0v) is 14.1. The lowest BCUT2D eigenvalue weighted by Gasteiger charge is -2.21. The Morgan fingerprint density at radius 3 is 2.14 bits per heavy atom. The summed E-state index contributed by atoms with van der Waals surface area (Å²) in [5, 5.41) is 0.735. The van der Waals surface area contributed by atoms with Crippen molar-refractivity contribution in [2.45, 2.75) is 20.8 Å². The molecule has 0 amide bonds. The summed E-state index contributed by atoms with van der Waals surface area (Å²) < 4.78 is 10.2. The first kappa shape index (κ1) is 18.1. The molecule has 0 bridgehead atoms. The fraction of sp³-hybridized carbons (Fsp3) is 0.429. The van der Waals surface area contributed by atoms with E-state index in [2.05, 4.69) is 0 Å². The maximum absolute atomic E-state index is 12.1. The summed E-state index contributed by atoms with van der Waals surface area (Å²) in [6, 6.07) is 2.90.